The van der Waals surface area contributed by atoms with Crippen LogP contribution in [0.25, 0.3) is 4.96 Å². The number of carbonyl (C=O) groups is 1. The van der Waals surface area contributed by atoms with Gasteiger partial charge in [-0.1, -0.05) is 48.4 Å². The van der Waals surface area contributed by atoms with Crippen molar-refractivity contribution < 1.29 is 4.79 Å². The van der Waals surface area contributed by atoms with Crippen molar-refractivity contribution in [1.82, 2.24) is 14.6 Å². The first-order valence-corrected chi connectivity index (χ1v) is 9.32. The summed E-state index contributed by atoms with van der Waals surface area (Å²) in [6, 6.07) is 8.54. The van der Waals surface area contributed by atoms with Crippen LogP contribution in [0.2, 0.25) is 5.02 Å². The van der Waals surface area contributed by atoms with Crippen molar-refractivity contribution >= 4 is 44.6 Å². The molecule has 0 unspecified atom stereocenters. The Bertz CT molecular complexity index is 1000. The van der Waals surface area contributed by atoms with Crippen LogP contribution in [-0.2, 0) is 11.2 Å². The summed E-state index contributed by atoms with van der Waals surface area (Å²) < 4.78 is 1.27. The van der Waals surface area contributed by atoms with Crippen molar-refractivity contribution in [3.05, 3.63) is 51.4 Å². The van der Waals surface area contributed by atoms with Crippen LogP contribution in [0.4, 0.5) is 10.8 Å². The Labute approximate surface area is 159 Å². The molecule has 0 saturated heterocycles. The summed E-state index contributed by atoms with van der Waals surface area (Å²) in [5.74, 6) is -0.230. The molecule has 0 atom stereocenters. The number of halogens is 1. The van der Waals surface area contributed by atoms with Crippen molar-refractivity contribution in [3.8, 4) is 0 Å². The standard InChI is InChI=1S/C17H18ClN5O2S/c1-3-6-11-9-15(25)23-16(19-11)26-17(21-23)22(2)10-14(24)20-13-8-5-4-7-12(13)18/h4-5,7-9H,3,6,10H2,1-2H3,(H,20,24). The highest BCUT2D eigenvalue weighted by Crippen LogP contribution is 2.22. The van der Waals surface area contributed by atoms with Crippen LogP contribution >= 0.6 is 22.9 Å². The van der Waals surface area contributed by atoms with E-state index in [1.54, 1.807) is 36.2 Å². The maximum absolute atomic E-state index is 12.3. The molecule has 26 heavy (non-hydrogen) atoms. The molecule has 9 heteroatoms. The molecule has 3 rings (SSSR count). The Hall–Kier alpha value is -2.45. The Balaban J connectivity index is 1.76. The zero-order chi connectivity index (χ0) is 18.7. The Kier molecular flexibility index (Phi) is 5.53. The molecule has 2 aromatic heterocycles. The highest BCUT2D eigenvalue weighted by molar-refractivity contribution is 7.20. The third kappa shape index (κ3) is 4.03. The van der Waals surface area contributed by atoms with Gasteiger partial charge in [0.15, 0.2) is 0 Å². The fourth-order valence-electron chi connectivity index (χ4n) is 2.42. The average molecular weight is 392 g/mol. The number of benzene rings is 1. The molecule has 0 aliphatic carbocycles. The van der Waals surface area contributed by atoms with E-state index in [2.05, 4.69) is 15.4 Å². The van der Waals surface area contributed by atoms with Gasteiger partial charge >= 0.3 is 0 Å². The Morgan fingerprint density at radius 2 is 2.15 bits per heavy atom. The quantitative estimate of drug-likeness (QED) is 0.698. The molecule has 0 saturated carbocycles. The summed E-state index contributed by atoms with van der Waals surface area (Å²) in [5.41, 5.74) is 1.10. The van der Waals surface area contributed by atoms with Crippen LogP contribution in [0.3, 0.4) is 0 Å². The third-order valence-corrected chi connectivity index (χ3v) is 5.00. The van der Waals surface area contributed by atoms with Crippen LogP contribution in [0.15, 0.2) is 35.1 Å². The van der Waals surface area contributed by atoms with E-state index in [1.165, 1.54) is 21.9 Å². The van der Waals surface area contributed by atoms with E-state index < -0.39 is 0 Å². The van der Waals surface area contributed by atoms with E-state index in [4.69, 9.17) is 11.6 Å². The third-order valence-electron chi connectivity index (χ3n) is 3.65. The van der Waals surface area contributed by atoms with Crippen LogP contribution in [0.1, 0.15) is 19.0 Å². The van der Waals surface area contributed by atoms with Gasteiger partial charge in [0.25, 0.3) is 5.56 Å². The lowest BCUT2D eigenvalue weighted by molar-refractivity contribution is -0.114. The number of hydrogen-bond donors (Lipinski definition) is 1. The SMILES string of the molecule is CCCc1cc(=O)n2nc(N(C)CC(=O)Nc3ccccc3Cl)sc2n1. The molecule has 1 N–H and O–H groups in total. The molecule has 1 amide bonds. The number of anilines is 2. The zero-order valence-corrected chi connectivity index (χ0v) is 16.0. The first-order valence-electron chi connectivity index (χ1n) is 8.13. The first-order chi connectivity index (χ1) is 12.5. The molecule has 1 aromatic carbocycles. The zero-order valence-electron chi connectivity index (χ0n) is 14.4. The average Bonchev–Trinajstić information content (AvgIpc) is 3.02. The number of nitrogens with zero attached hydrogens (tertiary/aromatic N) is 4. The van der Waals surface area contributed by atoms with Gasteiger partial charge in [-0.15, -0.1) is 5.10 Å². The summed E-state index contributed by atoms with van der Waals surface area (Å²) in [7, 11) is 1.74. The van der Waals surface area contributed by atoms with Gasteiger partial charge in [-0.05, 0) is 18.6 Å². The van der Waals surface area contributed by atoms with Gasteiger partial charge in [0.05, 0.1) is 17.3 Å². The summed E-state index contributed by atoms with van der Waals surface area (Å²) in [6.45, 7) is 2.11. The maximum Gasteiger partial charge on any atom is 0.275 e. The fourth-order valence-corrected chi connectivity index (χ4v) is 3.49. The molecule has 136 valence electrons. The van der Waals surface area contributed by atoms with Crippen LogP contribution in [-0.4, -0.2) is 34.1 Å². The number of fused-ring (bicyclic) bond motifs is 1. The monoisotopic (exact) mass is 391 g/mol. The Morgan fingerprint density at radius 1 is 1.38 bits per heavy atom. The fraction of sp³-hybridized carbons (Fsp3) is 0.294. The molecule has 0 aliphatic rings. The van der Waals surface area contributed by atoms with Gasteiger partial charge in [-0.2, -0.15) is 4.52 Å². The lowest BCUT2D eigenvalue weighted by atomic mass is 10.2. The molecular weight excluding hydrogens is 374 g/mol. The second-order valence-corrected chi connectivity index (χ2v) is 7.14. The van der Waals surface area contributed by atoms with Crippen LogP contribution in [0, 0.1) is 0 Å². The molecule has 7 nitrogen and oxygen atoms in total. The van der Waals surface area contributed by atoms with Crippen molar-refractivity contribution in [2.45, 2.75) is 19.8 Å². The topological polar surface area (TPSA) is 79.6 Å². The molecular formula is C17H18ClN5O2S. The minimum Gasteiger partial charge on any atom is -0.340 e. The molecule has 0 radical (unpaired) electrons. The van der Waals surface area contributed by atoms with E-state index in [0.29, 0.717) is 20.8 Å². The number of para-hydroxylation sites is 1. The highest BCUT2D eigenvalue weighted by atomic mass is 35.5. The molecule has 2 heterocycles. The van der Waals surface area contributed by atoms with Gasteiger partial charge < -0.3 is 10.2 Å². The van der Waals surface area contributed by atoms with Crippen molar-refractivity contribution in [3.63, 3.8) is 0 Å². The molecule has 0 bridgehead atoms. The Morgan fingerprint density at radius 3 is 2.88 bits per heavy atom. The van der Waals surface area contributed by atoms with Gasteiger partial charge in [-0.25, -0.2) is 4.98 Å². The molecule has 3 aromatic rings. The summed E-state index contributed by atoms with van der Waals surface area (Å²) >= 11 is 7.32. The number of likely N-dealkylation sites (N-methyl/N-ethyl adjacent to an activating group) is 1. The predicted octanol–water partition coefficient (Wildman–Crippen LogP) is 2.83. The maximum atomic E-state index is 12.3. The molecule has 0 fully saturated rings. The van der Waals surface area contributed by atoms with E-state index in [-0.39, 0.29) is 18.0 Å². The number of amides is 1. The number of carbonyl (C=O) groups excluding carboxylic acids is 1. The summed E-state index contributed by atoms with van der Waals surface area (Å²) in [6.07, 6.45) is 1.66. The number of nitrogens with one attached hydrogen (secondary N) is 1. The van der Waals surface area contributed by atoms with Crippen molar-refractivity contribution in [1.29, 1.82) is 0 Å². The lowest BCUT2D eigenvalue weighted by Crippen LogP contribution is -2.30. The van der Waals surface area contributed by atoms with Gasteiger partial charge in [0.1, 0.15) is 0 Å². The minimum atomic E-state index is -0.230. The number of aryl methyl sites for hydroxylation is 1. The van der Waals surface area contributed by atoms with Crippen molar-refractivity contribution in [2.75, 3.05) is 23.8 Å². The van der Waals surface area contributed by atoms with E-state index in [9.17, 15) is 9.59 Å². The van der Waals surface area contributed by atoms with Gasteiger partial charge in [-0.3, -0.25) is 9.59 Å². The molecule has 0 spiro atoms. The van der Waals surface area contributed by atoms with E-state index in [0.717, 1.165) is 18.5 Å². The summed E-state index contributed by atoms with van der Waals surface area (Å²) in [4.78, 5) is 31.1. The first kappa shape index (κ1) is 18.3. The number of rotatable bonds is 6. The lowest BCUT2D eigenvalue weighted by Gasteiger charge is -2.15. The smallest absolute Gasteiger partial charge is 0.275 e. The van der Waals surface area contributed by atoms with E-state index >= 15 is 0 Å². The number of hydrogen-bond acceptors (Lipinski definition) is 6. The second kappa shape index (κ2) is 7.84. The van der Waals surface area contributed by atoms with E-state index in [1.807, 2.05) is 6.92 Å². The minimum absolute atomic E-state index is 0.0710. The van der Waals surface area contributed by atoms with Gasteiger partial charge in [0.2, 0.25) is 16.0 Å². The highest BCUT2D eigenvalue weighted by Gasteiger charge is 2.15. The molecule has 0 aliphatic heterocycles. The van der Waals surface area contributed by atoms with Crippen LogP contribution in [0.5, 0.6) is 0 Å². The number of aromatic nitrogens is 3. The summed E-state index contributed by atoms with van der Waals surface area (Å²) in [5, 5.41) is 8.05. The van der Waals surface area contributed by atoms with Gasteiger partial charge in [0, 0.05) is 18.8 Å². The van der Waals surface area contributed by atoms with Crippen LogP contribution < -0.4 is 15.8 Å². The second-order valence-electron chi connectivity index (χ2n) is 5.80. The normalized spacial score (nSPS) is 10.9. The predicted molar refractivity (Wildman–Crippen MR) is 104 cm³/mol. The van der Waals surface area contributed by atoms with Crippen molar-refractivity contribution in [2.24, 2.45) is 0 Å². The largest absolute Gasteiger partial charge is 0.340 e.